The molecule has 2 bridgehead atoms. The summed E-state index contributed by atoms with van der Waals surface area (Å²) in [6.07, 6.45) is 0.956. The van der Waals surface area contributed by atoms with Gasteiger partial charge in [-0.2, -0.15) is 0 Å². The molecule has 0 spiro atoms. The number of rotatable bonds is 4. The zero-order valence-electron chi connectivity index (χ0n) is 15.6. The molecule has 0 saturated carbocycles. The summed E-state index contributed by atoms with van der Waals surface area (Å²) in [5, 5.41) is 9.06. The Labute approximate surface area is 162 Å². The van der Waals surface area contributed by atoms with Crippen molar-refractivity contribution in [3.05, 3.63) is 58.0 Å². The van der Waals surface area contributed by atoms with E-state index >= 15 is 0 Å². The molecule has 7 nitrogen and oxygen atoms in total. The lowest BCUT2D eigenvalue weighted by Crippen LogP contribution is -2.50. The van der Waals surface area contributed by atoms with E-state index in [0.717, 1.165) is 23.2 Å². The van der Waals surface area contributed by atoms with Gasteiger partial charge in [0.05, 0.1) is 5.56 Å². The zero-order chi connectivity index (χ0) is 19.8. The molecule has 146 valence electrons. The second-order valence-electron chi connectivity index (χ2n) is 7.53. The van der Waals surface area contributed by atoms with Crippen LogP contribution in [0, 0.1) is 5.92 Å². The highest BCUT2D eigenvalue weighted by atomic mass is 16.5. The normalized spacial score (nSPS) is 20.5. The number of piperidine rings is 1. The quantitative estimate of drug-likeness (QED) is 0.871. The molecule has 0 radical (unpaired) electrons. The van der Waals surface area contributed by atoms with Gasteiger partial charge in [-0.3, -0.25) is 9.59 Å². The summed E-state index contributed by atoms with van der Waals surface area (Å²) in [6, 6.07) is 10.1. The minimum atomic E-state index is -0.980. The molecule has 2 aliphatic heterocycles. The van der Waals surface area contributed by atoms with Crippen molar-refractivity contribution in [3.63, 3.8) is 0 Å². The number of carboxylic acid groups (broad SMARTS) is 1. The summed E-state index contributed by atoms with van der Waals surface area (Å²) in [7, 11) is 1.51. The molecule has 1 fully saturated rings. The number of nitrogens with zero attached hydrogens (tertiary/aromatic N) is 2. The number of hydrogen-bond donors (Lipinski definition) is 1. The van der Waals surface area contributed by atoms with Crippen LogP contribution in [0.1, 0.15) is 28.4 Å². The molecule has 1 N–H and O–H groups in total. The highest BCUT2D eigenvalue weighted by Gasteiger charge is 2.36. The van der Waals surface area contributed by atoms with Crippen LogP contribution in [0.2, 0.25) is 0 Å². The first-order valence-corrected chi connectivity index (χ1v) is 9.31. The minimum Gasteiger partial charge on any atom is -0.478 e. The van der Waals surface area contributed by atoms with Crippen molar-refractivity contribution in [3.8, 4) is 11.1 Å². The van der Waals surface area contributed by atoms with Crippen LogP contribution in [0.5, 0.6) is 0 Å². The first-order valence-electron chi connectivity index (χ1n) is 9.31. The molecule has 1 amide bonds. The topological polar surface area (TPSA) is 88.8 Å². The molecule has 0 aliphatic carbocycles. The first kappa shape index (κ1) is 18.4. The van der Waals surface area contributed by atoms with Gasteiger partial charge in [-0.1, -0.05) is 12.1 Å². The van der Waals surface area contributed by atoms with E-state index in [4.69, 9.17) is 9.84 Å². The van der Waals surface area contributed by atoms with Crippen LogP contribution >= 0.6 is 0 Å². The van der Waals surface area contributed by atoms with Gasteiger partial charge >= 0.3 is 5.97 Å². The third-order valence-electron chi connectivity index (χ3n) is 5.64. The van der Waals surface area contributed by atoms with Gasteiger partial charge in [0.15, 0.2) is 0 Å². The molecule has 1 aromatic heterocycles. The first-order chi connectivity index (χ1) is 13.5. The highest BCUT2D eigenvalue weighted by molar-refractivity contribution is 5.88. The van der Waals surface area contributed by atoms with E-state index in [-0.39, 0.29) is 35.5 Å². The number of benzene rings is 1. The Balaban J connectivity index is 1.68. The Morgan fingerprint density at radius 3 is 2.54 bits per heavy atom. The molecule has 2 aliphatic rings. The van der Waals surface area contributed by atoms with E-state index in [9.17, 15) is 14.4 Å². The van der Waals surface area contributed by atoms with Gasteiger partial charge in [-0.25, -0.2) is 4.79 Å². The van der Waals surface area contributed by atoms with Crippen molar-refractivity contribution in [2.75, 3.05) is 26.8 Å². The average Bonchev–Trinajstić information content (AvgIpc) is 2.68. The van der Waals surface area contributed by atoms with Crippen molar-refractivity contribution < 1.29 is 19.4 Å². The zero-order valence-corrected chi connectivity index (χ0v) is 15.6. The van der Waals surface area contributed by atoms with Crippen molar-refractivity contribution in [2.24, 2.45) is 5.92 Å². The molecule has 28 heavy (non-hydrogen) atoms. The number of pyridine rings is 1. The summed E-state index contributed by atoms with van der Waals surface area (Å²) in [4.78, 5) is 37.9. The third kappa shape index (κ3) is 3.33. The molecule has 7 heteroatoms. The van der Waals surface area contributed by atoms with E-state index in [1.165, 1.54) is 19.2 Å². The van der Waals surface area contributed by atoms with Crippen LogP contribution in [0.15, 0.2) is 41.2 Å². The number of carbonyl (C=O) groups excluding carboxylic acids is 1. The van der Waals surface area contributed by atoms with Crippen molar-refractivity contribution in [2.45, 2.75) is 18.9 Å². The van der Waals surface area contributed by atoms with E-state index in [2.05, 4.69) is 0 Å². The lowest BCUT2D eigenvalue weighted by Gasteiger charge is -2.42. The number of fused-ring (bicyclic) bond motifs is 4. The molecule has 0 unspecified atom stereocenters. The van der Waals surface area contributed by atoms with Crippen LogP contribution in [0.4, 0.5) is 0 Å². The van der Waals surface area contributed by atoms with Gasteiger partial charge in [0.1, 0.15) is 6.61 Å². The number of amides is 1. The molecule has 1 aromatic carbocycles. The lowest BCUT2D eigenvalue weighted by atomic mass is 9.82. The Hall–Kier alpha value is -2.93. The molecule has 3 heterocycles. The number of carboxylic acids is 1. The maximum absolute atomic E-state index is 12.8. The Morgan fingerprint density at radius 1 is 1.11 bits per heavy atom. The largest absolute Gasteiger partial charge is 0.478 e. The Bertz CT molecular complexity index is 979. The fourth-order valence-corrected chi connectivity index (χ4v) is 4.35. The minimum absolute atomic E-state index is 0.0200. The number of hydrogen-bond acceptors (Lipinski definition) is 4. The predicted octanol–water partition coefficient (Wildman–Crippen LogP) is 1.81. The van der Waals surface area contributed by atoms with Crippen LogP contribution in [-0.4, -0.2) is 53.3 Å². The Kier molecular flexibility index (Phi) is 4.77. The molecule has 1 saturated heterocycles. The summed E-state index contributed by atoms with van der Waals surface area (Å²) >= 11 is 0. The Morgan fingerprint density at radius 2 is 1.86 bits per heavy atom. The highest BCUT2D eigenvalue weighted by Crippen LogP contribution is 2.36. The third-order valence-corrected chi connectivity index (χ3v) is 5.64. The number of carbonyl (C=O) groups is 2. The van der Waals surface area contributed by atoms with Gasteiger partial charge < -0.3 is 19.3 Å². The van der Waals surface area contributed by atoms with Gasteiger partial charge in [-0.05, 0) is 41.7 Å². The second-order valence-corrected chi connectivity index (χ2v) is 7.53. The molecule has 4 rings (SSSR count). The van der Waals surface area contributed by atoms with Crippen LogP contribution in [-0.2, 0) is 16.1 Å². The number of aromatic nitrogens is 1. The standard InChI is InChI=1S/C21H22N2O5/c1-28-12-20(25)22-9-13-6-17(11-22)18-7-16(8-19(24)23(18)10-13)14-2-4-15(5-3-14)21(26)27/h2-5,7-8,13,17H,6,9-12H2,1H3,(H,26,27)/t13-,17+/m0/s1. The van der Waals surface area contributed by atoms with E-state index in [0.29, 0.717) is 19.6 Å². The molecular formula is C21H22N2O5. The van der Waals surface area contributed by atoms with Gasteiger partial charge in [0.25, 0.3) is 5.56 Å². The van der Waals surface area contributed by atoms with Gasteiger partial charge in [0, 0.05) is 44.4 Å². The van der Waals surface area contributed by atoms with E-state index in [1.807, 2.05) is 15.5 Å². The number of ether oxygens (including phenoxy) is 1. The number of likely N-dealkylation sites (tertiary alicyclic amines) is 1. The fraction of sp³-hybridized carbons (Fsp3) is 0.381. The SMILES string of the molecule is COCC(=O)N1C[C@@H]2C[C@H](C1)c1cc(-c3ccc(C(=O)O)cc3)cc(=O)n1C2. The summed E-state index contributed by atoms with van der Waals surface area (Å²) in [6.45, 7) is 1.92. The lowest BCUT2D eigenvalue weighted by molar-refractivity contribution is -0.137. The maximum atomic E-state index is 12.8. The average molecular weight is 382 g/mol. The molecule has 2 aromatic rings. The van der Waals surface area contributed by atoms with Crippen LogP contribution < -0.4 is 5.56 Å². The van der Waals surface area contributed by atoms with E-state index < -0.39 is 5.97 Å². The summed E-state index contributed by atoms with van der Waals surface area (Å²) < 4.78 is 6.81. The number of methoxy groups -OCH3 is 1. The van der Waals surface area contributed by atoms with Gasteiger partial charge in [0.2, 0.25) is 5.91 Å². The molecular weight excluding hydrogens is 360 g/mol. The summed E-state index contributed by atoms with van der Waals surface area (Å²) in [5.41, 5.74) is 2.67. The van der Waals surface area contributed by atoms with Crippen molar-refractivity contribution >= 4 is 11.9 Å². The fourth-order valence-electron chi connectivity index (χ4n) is 4.35. The van der Waals surface area contributed by atoms with Crippen molar-refractivity contribution in [1.82, 2.24) is 9.47 Å². The number of aromatic carboxylic acids is 1. The van der Waals surface area contributed by atoms with Gasteiger partial charge in [-0.15, -0.1) is 0 Å². The maximum Gasteiger partial charge on any atom is 0.335 e. The van der Waals surface area contributed by atoms with Crippen LogP contribution in [0.25, 0.3) is 11.1 Å². The van der Waals surface area contributed by atoms with Crippen molar-refractivity contribution in [1.29, 1.82) is 0 Å². The smallest absolute Gasteiger partial charge is 0.335 e. The summed E-state index contributed by atoms with van der Waals surface area (Å²) in [5.74, 6) is -0.621. The second kappa shape index (κ2) is 7.24. The predicted molar refractivity (Wildman–Crippen MR) is 102 cm³/mol. The van der Waals surface area contributed by atoms with E-state index in [1.54, 1.807) is 18.2 Å². The van der Waals surface area contributed by atoms with Crippen LogP contribution in [0.3, 0.4) is 0 Å². The molecule has 2 atom stereocenters. The monoisotopic (exact) mass is 382 g/mol.